The molecule has 0 atom stereocenters. The van der Waals surface area contributed by atoms with Gasteiger partial charge in [-0.15, -0.1) is 0 Å². The maximum Gasteiger partial charge on any atom is 0.261 e. The van der Waals surface area contributed by atoms with Crippen LogP contribution in [0.5, 0.6) is 11.8 Å². The molecule has 6 heteroatoms. The molecular formula is C17H15N3O3. The molecule has 2 heterocycles. The first-order valence-corrected chi connectivity index (χ1v) is 6.96. The minimum absolute atomic E-state index is 0.204. The Morgan fingerprint density at radius 3 is 2.70 bits per heavy atom. The Bertz CT molecular complexity index is 865. The van der Waals surface area contributed by atoms with Crippen LogP contribution in [0.25, 0.3) is 10.9 Å². The number of aromatic nitrogens is 2. The van der Waals surface area contributed by atoms with Gasteiger partial charge in [0.05, 0.1) is 31.6 Å². The molecule has 0 unspecified atom stereocenters. The number of benzene rings is 1. The van der Waals surface area contributed by atoms with Crippen molar-refractivity contribution < 1.29 is 14.3 Å². The second kappa shape index (κ2) is 6.31. The predicted octanol–water partition coefficient (Wildman–Crippen LogP) is 2.90. The Hall–Kier alpha value is -3.15. The number of methoxy groups -OCH3 is 2. The van der Waals surface area contributed by atoms with E-state index in [0.717, 1.165) is 10.9 Å². The fourth-order valence-electron chi connectivity index (χ4n) is 2.20. The molecule has 0 fully saturated rings. The van der Waals surface area contributed by atoms with Crippen LogP contribution in [0.3, 0.4) is 0 Å². The lowest BCUT2D eigenvalue weighted by atomic mass is 10.2. The zero-order chi connectivity index (χ0) is 16.2. The van der Waals surface area contributed by atoms with Gasteiger partial charge in [-0.25, -0.2) is 0 Å². The summed E-state index contributed by atoms with van der Waals surface area (Å²) in [5.74, 6) is 0.260. The molecule has 1 amide bonds. The van der Waals surface area contributed by atoms with Crippen molar-refractivity contribution in [2.24, 2.45) is 0 Å². The van der Waals surface area contributed by atoms with E-state index in [0.29, 0.717) is 17.1 Å². The van der Waals surface area contributed by atoms with Crippen LogP contribution in [0.2, 0.25) is 0 Å². The SMILES string of the molecule is COc1ccc(C(=O)Nc2cnc3ccccc3c2)c(OC)n1. The van der Waals surface area contributed by atoms with Crippen LogP contribution in [0.1, 0.15) is 10.4 Å². The number of fused-ring (bicyclic) bond motifs is 1. The van der Waals surface area contributed by atoms with Crippen LogP contribution in [0, 0.1) is 0 Å². The van der Waals surface area contributed by atoms with E-state index in [4.69, 9.17) is 9.47 Å². The number of anilines is 1. The molecule has 6 nitrogen and oxygen atoms in total. The summed E-state index contributed by atoms with van der Waals surface area (Å²) in [6.45, 7) is 0. The highest BCUT2D eigenvalue weighted by molar-refractivity contribution is 6.06. The molecule has 0 saturated heterocycles. The van der Waals surface area contributed by atoms with Crippen LogP contribution in [-0.2, 0) is 0 Å². The summed E-state index contributed by atoms with van der Waals surface area (Å²) in [5.41, 5.74) is 1.79. The number of rotatable bonds is 4. The quantitative estimate of drug-likeness (QED) is 0.802. The Balaban J connectivity index is 1.88. The average Bonchev–Trinajstić information content (AvgIpc) is 2.60. The van der Waals surface area contributed by atoms with Gasteiger partial charge in [-0.05, 0) is 18.2 Å². The molecule has 0 bridgehead atoms. The molecule has 3 rings (SSSR count). The second-order valence-electron chi connectivity index (χ2n) is 4.78. The van der Waals surface area contributed by atoms with Gasteiger partial charge in [0, 0.05) is 11.5 Å². The molecule has 3 aromatic rings. The zero-order valence-electron chi connectivity index (χ0n) is 12.7. The molecule has 2 aromatic heterocycles. The minimum Gasteiger partial charge on any atom is -0.481 e. The van der Waals surface area contributed by atoms with Gasteiger partial charge in [0.15, 0.2) is 0 Å². The number of carbonyl (C=O) groups is 1. The lowest BCUT2D eigenvalue weighted by molar-refractivity contribution is 0.102. The summed E-state index contributed by atoms with van der Waals surface area (Å²) < 4.78 is 10.2. The van der Waals surface area contributed by atoms with Gasteiger partial charge in [0.25, 0.3) is 5.91 Å². The van der Waals surface area contributed by atoms with Crippen LogP contribution in [-0.4, -0.2) is 30.1 Å². The third kappa shape index (κ3) is 3.06. The lowest BCUT2D eigenvalue weighted by Crippen LogP contribution is -2.14. The molecule has 1 N–H and O–H groups in total. The van der Waals surface area contributed by atoms with E-state index in [2.05, 4.69) is 15.3 Å². The number of pyridine rings is 2. The summed E-state index contributed by atoms with van der Waals surface area (Å²) in [6.07, 6.45) is 1.61. The first kappa shape index (κ1) is 14.8. The number of amides is 1. The van der Waals surface area contributed by atoms with Crippen molar-refractivity contribution in [1.82, 2.24) is 9.97 Å². The van der Waals surface area contributed by atoms with E-state index >= 15 is 0 Å². The van der Waals surface area contributed by atoms with E-state index in [1.807, 2.05) is 30.3 Å². The van der Waals surface area contributed by atoms with Gasteiger partial charge in [-0.3, -0.25) is 9.78 Å². The van der Waals surface area contributed by atoms with Crippen LogP contribution < -0.4 is 14.8 Å². The van der Waals surface area contributed by atoms with E-state index in [1.165, 1.54) is 14.2 Å². The van der Waals surface area contributed by atoms with Gasteiger partial charge >= 0.3 is 0 Å². The van der Waals surface area contributed by atoms with Crippen molar-refractivity contribution in [3.8, 4) is 11.8 Å². The molecule has 0 aliphatic heterocycles. The van der Waals surface area contributed by atoms with Gasteiger partial charge in [-0.2, -0.15) is 4.98 Å². The van der Waals surface area contributed by atoms with Crippen molar-refractivity contribution in [1.29, 1.82) is 0 Å². The largest absolute Gasteiger partial charge is 0.481 e. The number of nitrogens with one attached hydrogen (secondary N) is 1. The maximum absolute atomic E-state index is 12.4. The third-order valence-electron chi connectivity index (χ3n) is 3.33. The standard InChI is InChI=1S/C17H15N3O3/c1-22-15-8-7-13(17(20-15)23-2)16(21)19-12-9-11-5-3-4-6-14(11)18-10-12/h3-10H,1-2H3,(H,19,21). The monoisotopic (exact) mass is 309 g/mol. The highest BCUT2D eigenvalue weighted by atomic mass is 16.5. The van der Waals surface area contributed by atoms with Gasteiger partial charge in [-0.1, -0.05) is 18.2 Å². The number of hydrogen-bond donors (Lipinski definition) is 1. The van der Waals surface area contributed by atoms with Crippen molar-refractivity contribution in [2.75, 3.05) is 19.5 Å². The molecular weight excluding hydrogens is 294 g/mol. The van der Waals surface area contributed by atoms with E-state index in [9.17, 15) is 4.79 Å². The smallest absolute Gasteiger partial charge is 0.261 e. The van der Waals surface area contributed by atoms with E-state index < -0.39 is 0 Å². The van der Waals surface area contributed by atoms with Crippen LogP contribution >= 0.6 is 0 Å². The highest BCUT2D eigenvalue weighted by Crippen LogP contribution is 2.22. The molecule has 0 spiro atoms. The average molecular weight is 309 g/mol. The summed E-state index contributed by atoms with van der Waals surface area (Å²) in [4.78, 5) is 20.8. The molecule has 0 aliphatic rings. The normalized spacial score (nSPS) is 10.3. The first-order chi connectivity index (χ1) is 11.2. The Morgan fingerprint density at radius 1 is 1.09 bits per heavy atom. The Kier molecular flexibility index (Phi) is 4.05. The fourth-order valence-corrected chi connectivity index (χ4v) is 2.20. The molecule has 0 aliphatic carbocycles. The van der Waals surface area contributed by atoms with E-state index in [-0.39, 0.29) is 11.8 Å². The van der Waals surface area contributed by atoms with Gasteiger partial charge in [0.2, 0.25) is 11.8 Å². The van der Waals surface area contributed by atoms with Crippen molar-refractivity contribution in [3.63, 3.8) is 0 Å². The molecule has 0 radical (unpaired) electrons. The topological polar surface area (TPSA) is 73.3 Å². The number of para-hydroxylation sites is 1. The Morgan fingerprint density at radius 2 is 1.91 bits per heavy atom. The molecule has 1 aromatic carbocycles. The predicted molar refractivity (Wildman–Crippen MR) is 87.0 cm³/mol. The maximum atomic E-state index is 12.4. The van der Waals surface area contributed by atoms with Gasteiger partial charge in [0.1, 0.15) is 5.56 Å². The van der Waals surface area contributed by atoms with Crippen LogP contribution in [0.4, 0.5) is 5.69 Å². The van der Waals surface area contributed by atoms with Crippen LogP contribution in [0.15, 0.2) is 48.7 Å². The minimum atomic E-state index is -0.325. The summed E-state index contributed by atoms with van der Waals surface area (Å²) >= 11 is 0. The lowest BCUT2D eigenvalue weighted by Gasteiger charge is -2.10. The summed E-state index contributed by atoms with van der Waals surface area (Å²) in [5, 5.41) is 3.75. The van der Waals surface area contributed by atoms with Crippen molar-refractivity contribution in [3.05, 3.63) is 54.2 Å². The Labute approximate surface area is 133 Å². The second-order valence-corrected chi connectivity index (χ2v) is 4.78. The summed E-state index contributed by atoms with van der Waals surface area (Å²) in [7, 11) is 2.96. The van der Waals surface area contributed by atoms with E-state index in [1.54, 1.807) is 18.3 Å². The van der Waals surface area contributed by atoms with Gasteiger partial charge < -0.3 is 14.8 Å². The molecule has 23 heavy (non-hydrogen) atoms. The zero-order valence-corrected chi connectivity index (χ0v) is 12.7. The number of carbonyl (C=O) groups excluding carboxylic acids is 1. The molecule has 0 saturated carbocycles. The molecule has 116 valence electrons. The number of hydrogen-bond acceptors (Lipinski definition) is 5. The third-order valence-corrected chi connectivity index (χ3v) is 3.33. The highest BCUT2D eigenvalue weighted by Gasteiger charge is 2.15. The first-order valence-electron chi connectivity index (χ1n) is 6.96. The van der Waals surface area contributed by atoms with Crippen molar-refractivity contribution in [2.45, 2.75) is 0 Å². The van der Waals surface area contributed by atoms with Crippen molar-refractivity contribution >= 4 is 22.5 Å². The fraction of sp³-hybridized carbons (Fsp3) is 0.118. The summed E-state index contributed by atoms with van der Waals surface area (Å²) in [6, 6.07) is 12.8. The number of nitrogens with zero attached hydrogens (tertiary/aromatic N) is 2. The number of ether oxygens (including phenoxy) is 2.